The summed E-state index contributed by atoms with van der Waals surface area (Å²) in [5.41, 5.74) is 0. The quantitative estimate of drug-likeness (QED) is 0.212. The smallest absolute Gasteiger partial charge is 0.418 e. The first-order valence-corrected chi connectivity index (χ1v) is 7.97. The van der Waals surface area contributed by atoms with E-state index >= 15 is 0 Å². The minimum Gasteiger partial charge on any atom is -0.418 e. The molecule has 0 aromatic rings. The highest BCUT2D eigenvalue weighted by Crippen LogP contribution is 2.11. The molecule has 0 saturated heterocycles. The Bertz CT molecular complexity index is 197. The molecule has 6 heteroatoms. The van der Waals surface area contributed by atoms with Crippen molar-refractivity contribution in [3.8, 4) is 0 Å². The van der Waals surface area contributed by atoms with Gasteiger partial charge >= 0.3 is 8.68 Å². The Morgan fingerprint density at radius 3 is 1.40 bits per heavy atom. The van der Waals surface area contributed by atoms with Gasteiger partial charge in [0, 0.05) is 0 Å². The maximum atomic E-state index is 9.75. The van der Waals surface area contributed by atoms with E-state index in [0.717, 1.165) is 0 Å². The van der Waals surface area contributed by atoms with Gasteiger partial charge in [-0.3, -0.25) is 0 Å². The number of halogens is 4. The molecule has 0 aromatic carbocycles. The second-order valence-corrected chi connectivity index (χ2v) is 5.28. The number of nitrogens with zero attached hydrogens (tertiary/aromatic N) is 1. The number of unbranched alkanes of at least 4 members (excludes halogenated alkanes) is 5. The van der Waals surface area contributed by atoms with Crippen LogP contribution in [0.3, 0.4) is 0 Å². The average Bonchev–Trinajstić information content (AvgIpc) is 2.37. The number of rotatable bonds is 10. The zero-order valence-corrected chi connectivity index (χ0v) is 13.6. The van der Waals surface area contributed by atoms with Crippen LogP contribution in [0, 0.1) is 0 Å². The molecule has 0 bridgehead atoms. The second-order valence-electron chi connectivity index (χ2n) is 5.28. The van der Waals surface area contributed by atoms with Gasteiger partial charge in [0.25, 0.3) is 0 Å². The SMILES string of the molecule is CCCCCCCC[N+](CC)(CC)CC.F[B-](F)(F)F.[H+]. The van der Waals surface area contributed by atoms with Crippen molar-refractivity contribution in [3.63, 3.8) is 0 Å². The molecule has 20 heavy (non-hydrogen) atoms. The first-order valence-electron chi connectivity index (χ1n) is 7.97. The monoisotopic (exact) mass is 302 g/mol. The Hall–Kier alpha value is -0.255. The van der Waals surface area contributed by atoms with Gasteiger partial charge in [-0.05, 0) is 33.6 Å². The lowest BCUT2D eigenvalue weighted by Gasteiger charge is -2.35. The maximum Gasteiger partial charge on any atom is 1.00 e. The molecule has 0 unspecified atom stereocenters. The molecular formula is C14H33BF4N+. The minimum absolute atomic E-state index is 0. The molecule has 0 aromatic heterocycles. The van der Waals surface area contributed by atoms with E-state index in [0.29, 0.717) is 0 Å². The highest BCUT2D eigenvalue weighted by atomic mass is 19.5. The van der Waals surface area contributed by atoms with Crippen LogP contribution in [0.4, 0.5) is 17.3 Å². The summed E-state index contributed by atoms with van der Waals surface area (Å²) in [5, 5.41) is 0. The lowest BCUT2D eigenvalue weighted by atomic mass is 10.1. The van der Waals surface area contributed by atoms with Crippen molar-refractivity contribution in [2.45, 2.75) is 66.2 Å². The zero-order valence-electron chi connectivity index (χ0n) is 14.6. The zero-order chi connectivity index (χ0) is 16.1. The van der Waals surface area contributed by atoms with Gasteiger partial charge in [0.15, 0.2) is 0 Å². The molecule has 1 nitrogen and oxygen atoms in total. The van der Waals surface area contributed by atoms with Crippen LogP contribution in [0.1, 0.15) is 67.6 Å². The normalized spacial score (nSPS) is 12.0. The Kier molecular flexibility index (Phi) is 13.8. The summed E-state index contributed by atoms with van der Waals surface area (Å²) in [7, 11) is -6.00. The summed E-state index contributed by atoms with van der Waals surface area (Å²) in [6, 6.07) is 0. The van der Waals surface area contributed by atoms with Gasteiger partial charge in [-0.2, -0.15) is 0 Å². The van der Waals surface area contributed by atoms with Crippen molar-refractivity contribution >= 4 is 7.25 Å². The third-order valence-corrected chi connectivity index (χ3v) is 4.00. The molecule has 0 radical (unpaired) electrons. The third-order valence-electron chi connectivity index (χ3n) is 4.00. The molecule has 0 saturated carbocycles. The minimum atomic E-state index is -6.00. The van der Waals surface area contributed by atoms with Crippen molar-refractivity contribution in [2.24, 2.45) is 0 Å². The van der Waals surface area contributed by atoms with Crippen LogP contribution in [0.25, 0.3) is 0 Å². The summed E-state index contributed by atoms with van der Waals surface area (Å²) >= 11 is 0. The topological polar surface area (TPSA) is 0 Å². The van der Waals surface area contributed by atoms with E-state index in [2.05, 4.69) is 27.7 Å². The van der Waals surface area contributed by atoms with E-state index in [9.17, 15) is 17.3 Å². The average molecular weight is 302 g/mol. The summed E-state index contributed by atoms with van der Waals surface area (Å²) < 4.78 is 40.3. The Labute approximate surface area is 123 Å². The molecule has 0 spiro atoms. The highest BCUT2D eigenvalue weighted by molar-refractivity contribution is 6.50. The molecule has 124 valence electrons. The predicted molar refractivity (Wildman–Crippen MR) is 81.4 cm³/mol. The molecule has 0 fully saturated rings. The fourth-order valence-corrected chi connectivity index (χ4v) is 2.37. The van der Waals surface area contributed by atoms with Crippen molar-refractivity contribution in [1.29, 1.82) is 0 Å². The summed E-state index contributed by atoms with van der Waals surface area (Å²) in [6.07, 6.45) is 8.55. The van der Waals surface area contributed by atoms with Gasteiger partial charge in [-0.15, -0.1) is 0 Å². The molecule has 0 heterocycles. The largest absolute Gasteiger partial charge is 1.00 e. The number of hydrogen-bond acceptors (Lipinski definition) is 0. The maximum absolute atomic E-state index is 9.75. The lowest BCUT2D eigenvalue weighted by Crippen LogP contribution is -2.48. The van der Waals surface area contributed by atoms with Gasteiger partial charge in [0.1, 0.15) is 0 Å². The first-order chi connectivity index (χ1) is 9.24. The predicted octanol–water partition coefficient (Wildman–Crippen LogP) is 5.64. The third kappa shape index (κ3) is 15.8. The summed E-state index contributed by atoms with van der Waals surface area (Å²) in [5.74, 6) is 0. The molecular weight excluding hydrogens is 269 g/mol. The van der Waals surface area contributed by atoms with Crippen LogP contribution >= 0.6 is 0 Å². The van der Waals surface area contributed by atoms with Gasteiger partial charge in [0.05, 0.1) is 26.2 Å². The van der Waals surface area contributed by atoms with Gasteiger partial charge < -0.3 is 21.7 Å². The summed E-state index contributed by atoms with van der Waals surface area (Å²) in [4.78, 5) is 0. The van der Waals surface area contributed by atoms with E-state index in [1.54, 1.807) is 0 Å². The molecule has 0 atom stereocenters. The Morgan fingerprint density at radius 1 is 0.700 bits per heavy atom. The van der Waals surface area contributed by atoms with Crippen molar-refractivity contribution in [3.05, 3.63) is 0 Å². The lowest BCUT2D eigenvalue weighted by molar-refractivity contribution is -0.923. The van der Waals surface area contributed by atoms with Crippen molar-refractivity contribution in [2.75, 3.05) is 26.2 Å². The Balaban J connectivity index is -0.000000465. The Morgan fingerprint density at radius 2 is 1.05 bits per heavy atom. The molecule has 0 amide bonds. The molecule has 0 rings (SSSR count). The van der Waals surface area contributed by atoms with Crippen LogP contribution in [0.15, 0.2) is 0 Å². The second kappa shape index (κ2) is 12.5. The van der Waals surface area contributed by atoms with Crippen molar-refractivity contribution < 1.29 is 23.2 Å². The number of hydrogen-bond donors (Lipinski definition) is 0. The van der Waals surface area contributed by atoms with E-state index in [4.69, 9.17) is 0 Å². The fourth-order valence-electron chi connectivity index (χ4n) is 2.37. The van der Waals surface area contributed by atoms with Crippen LogP contribution in [-0.4, -0.2) is 37.9 Å². The van der Waals surface area contributed by atoms with Gasteiger partial charge in [-0.25, -0.2) is 0 Å². The van der Waals surface area contributed by atoms with Gasteiger partial charge in [-0.1, -0.05) is 32.6 Å². The summed E-state index contributed by atoms with van der Waals surface area (Å²) in [6.45, 7) is 14.6. The first kappa shape index (κ1) is 22.0. The fraction of sp³-hybridized carbons (Fsp3) is 1.00. The standard InChI is InChI=1S/C14H32N.BF4/c1-5-9-10-11-12-13-14-15(6-2,7-3)8-4;2-1(3,4)5/h5-14H2,1-4H3;/q+1;-1/p+1. The van der Waals surface area contributed by atoms with Crippen LogP contribution in [0.5, 0.6) is 0 Å². The van der Waals surface area contributed by atoms with Crippen LogP contribution in [-0.2, 0) is 0 Å². The van der Waals surface area contributed by atoms with E-state index in [1.807, 2.05) is 0 Å². The van der Waals surface area contributed by atoms with Crippen LogP contribution in [0.2, 0.25) is 0 Å². The number of quaternary nitrogens is 1. The van der Waals surface area contributed by atoms with E-state index < -0.39 is 7.25 Å². The van der Waals surface area contributed by atoms with Crippen molar-refractivity contribution in [1.82, 2.24) is 0 Å². The van der Waals surface area contributed by atoms with E-state index in [1.165, 1.54) is 69.2 Å². The molecule has 0 aliphatic carbocycles. The highest BCUT2D eigenvalue weighted by Gasteiger charge is 2.20. The molecule has 0 aliphatic rings. The molecule has 0 aliphatic heterocycles. The van der Waals surface area contributed by atoms with Crippen LogP contribution < -0.4 is 0 Å². The molecule has 0 N–H and O–H groups in total. The van der Waals surface area contributed by atoms with E-state index in [-0.39, 0.29) is 1.43 Å². The van der Waals surface area contributed by atoms with Gasteiger partial charge in [0.2, 0.25) is 0 Å².